The van der Waals surface area contributed by atoms with E-state index in [4.69, 9.17) is 13.9 Å². The van der Waals surface area contributed by atoms with Gasteiger partial charge in [0.05, 0.1) is 32.1 Å². The topological polar surface area (TPSA) is 47.7 Å². The van der Waals surface area contributed by atoms with Crippen molar-refractivity contribution in [3.63, 3.8) is 0 Å². The lowest BCUT2D eigenvalue weighted by Gasteiger charge is -2.37. The SMILES string of the molecule is c1ccc(OC[C@@H]2C[C@@H]3OCCN(Cc4ccco4)[C@@H]3C2)nc1. The molecular weight excluding hydrogens is 292 g/mol. The molecule has 1 aliphatic heterocycles. The summed E-state index contributed by atoms with van der Waals surface area (Å²) in [6, 6.07) is 10.2. The van der Waals surface area contributed by atoms with Crippen LogP contribution in [0.1, 0.15) is 18.6 Å². The highest BCUT2D eigenvalue weighted by Crippen LogP contribution is 2.35. The molecule has 2 aromatic heterocycles. The largest absolute Gasteiger partial charge is 0.477 e. The second-order valence-corrected chi connectivity index (χ2v) is 6.34. The maximum absolute atomic E-state index is 5.99. The zero-order chi connectivity index (χ0) is 15.5. The van der Waals surface area contributed by atoms with E-state index in [0.717, 1.165) is 38.3 Å². The molecule has 122 valence electrons. The first-order chi connectivity index (χ1) is 11.4. The minimum absolute atomic E-state index is 0.316. The van der Waals surface area contributed by atoms with E-state index in [1.54, 1.807) is 12.5 Å². The molecule has 4 rings (SSSR count). The van der Waals surface area contributed by atoms with Crippen molar-refractivity contribution in [3.05, 3.63) is 48.6 Å². The maximum atomic E-state index is 5.99. The number of ether oxygens (including phenoxy) is 2. The summed E-state index contributed by atoms with van der Waals surface area (Å²) in [5, 5.41) is 0. The van der Waals surface area contributed by atoms with Crippen LogP contribution < -0.4 is 4.74 Å². The number of pyridine rings is 1. The van der Waals surface area contributed by atoms with Crippen molar-refractivity contribution in [2.24, 2.45) is 5.92 Å². The first-order valence-corrected chi connectivity index (χ1v) is 8.30. The fourth-order valence-corrected chi connectivity index (χ4v) is 3.70. The maximum Gasteiger partial charge on any atom is 0.213 e. The predicted molar refractivity (Wildman–Crippen MR) is 85.1 cm³/mol. The minimum Gasteiger partial charge on any atom is -0.477 e. The van der Waals surface area contributed by atoms with E-state index in [9.17, 15) is 0 Å². The molecular formula is C18H22N2O3. The Morgan fingerprint density at radius 2 is 2.22 bits per heavy atom. The highest BCUT2D eigenvalue weighted by molar-refractivity contribution is 5.09. The van der Waals surface area contributed by atoms with Crippen molar-refractivity contribution in [3.8, 4) is 5.88 Å². The summed E-state index contributed by atoms with van der Waals surface area (Å²) >= 11 is 0. The Bertz CT molecular complexity index is 602. The van der Waals surface area contributed by atoms with E-state index in [1.165, 1.54) is 0 Å². The summed E-state index contributed by atoms with van der Waals surface area (Å²) in [7, 11) is 0. The summed E-state index contributed by atoms with van der Waals surface area (Å²) in [6.07, 6.45) is 5.99. The molecule has 1 saturated heterocycles. The zero-order valence-electron chi connectivity index (χ0n) is 13.1. The molecule has 0 spiro atoms. The average Bonchev–Trinajstić information content (AvgIpc) is 3.23. The first kappa shape index (κ1) is 14.7. The van der Waals surface area contributed by atoms with Gasteiger partial charge in [0.15, 0.2) is 0 Å². The van der Waals surface area contributed by atoms with Crippen LogP contribution in [0, 0.1) is 5.92 Å². The van der Waals surface area contributed by atoms with Crippen LogP contribution in [0.3, 0.4) is 0 Å². The number of furan rings is 1. The summed E-state index contributed by atoms with van der Waals surface area (Å²) < 4.78 is 17.3. The number of aromatic nitrogens is 1. The number of rotatable bonds is 5. The molecule has 1 saturated carbocycles. The van der Waals surface area contributed by atoms with Crippen LogP contribution in [0.25, 0.3) is 0 Å². The molecule has 0 bridgehead atoms. The smallest absolute Gasteiger partial charge is 0.213 e. The Labute approximate surface area is 136 Å². The first-order valence-electron chi connectivity index (χ1n) is 8.30. The van der Waals surface area contributed by atoms with Crippen molar-refractivity contribution in [2.45, 2.75) is 31.5 Å². The lowest BCUT2D eigenvalue weighted by molar-refractivity contribution is -0.0608. The Balaban J connectivity index is 1.35. The summed E-state index contributed by atoms with van der Waals surface area (Å²) in [5.41, 5.74) is 0. The molecule has 2 aromatic rings. The molecule has 5 nitrogen and oxygen atoms in total. The minimum atomic E-state index is 0.316. The number of hydrogen-bond donors (Lipinski definition) is 0. The zero-order valence-corrected chi connectivity index (χ0v) is 13.1. The summed E-state index contributed by atoms with van der Waals surface area (Å²) in [6.45, 7) is 3.35. The lowest BCUT2D eigenvalue weighted by Crippen LogP contribution is -2.47. The van der Waals surface area contributed by atoms with Gasteiger partial charge < -0.3 is 13.9 Å². The van der Waals surface area contributed by atoms with Gasteiger partial charge in [0.25, 0.3) is 0 Å². The van der Waals surface area contributed by atoms with Crippen LogP contribution in [0.2, 0.25) is 0 Å². The van der Waals surface area contributed by atoms with Crippen LogP contribution in [0.15, 0.2) is 47.2 Å². The van der Waals surface area contributed by atoms with E-state index in [2.05, 4.69) is 9.88 Å². The third kappa shape index (κ3) is 3.41. The van der Waals surface area contributed by atoms with Gasteiger partial charge in [0.2, 0.25) is 5.88 Å². The Morgan fingerprint density at radius 3 is 3.04 bits per heavy atom. The van der Waals surface area contributed by atoms with Crippen molar-refractivity contribution >= 4 is 0 Å². The van der Waals surface area contributed by atoms with Gasteiger partial charge in [-0.25, -0.2) is 4.98 Å². The number of hydrogen-bond acceptors (Lipinski definition) is 5. The molecule has 3 atom stereocenters. The van der Waals surface area contributed by atoms with Gasteiger partial charge in [-0.15, -0.1) is 0 Å². The van der Waals surface area contributed by atoms with Gasteiger partial charge in [-0.05, 0) is 37.0 Å². The van der Waals surface area contributed by atoms with Gasteiger partial charge in [0.1, 0.15) is 5.76 Å². The van der Waals surface area contributed by atoms with Gasteiger partial charge in [-0.3, -0.25) is 4.90 Å². The molecule has 0 unspecified atom stereocenters. The summed E-state index contributed by atoms with van der Waals surface area (Å²) in [4.78, 5) is 6.71. The van der Waals surface area contributed by atoms with E-state index < -0.39 is 0 Å². The second-order valence-electron chi connectivity index (χ2n) is 6.34. The normalized spacial score (nSPS) is 27.7. The molecule has 2 aliphatic rings. The third-order valence-electron chi connectivity index (χ3n) is 4.79. The molecule has 1 aliphatic carbocycles. The molecule has 0 aromatic carbocycles. The van der Waals surface area contributed by atoms with Crippen molar-refractivity contribution in [2.75, 3.05) is 19.8 Å². The molecule has 5 heteroatoms. The third-order valence-corrected chi connectivity index (χ3v) is 4.79. The predicted octanol–water partition coefficient (Wildman–Crippen LogP) is 2.73. The van der Waals surface area contributed by atoms with Crippen LogP contribution in [0.4, 0.5) is 0 Å². The van der Waals surface area contributed by atoms with Crippen LogP contribution in [-0.4, -0.2) is 41.8 Å². The van der Waals surface area contributed by atoms with Crippen molar-refractivity contribution in [1.82, 2.24) is 9.88 Å². The van der Waals surface area contributed by atoms with Crippen LogP contribution in [-0.2, 0) is 11.3 Å². The van der Waals surface area contributed by atoms with Gasteiger partial charge >= 0.3 is 0 Å². The van der Waals surface area contributed by atoms with Crippen LogP contribution in [0.5, 0.6) is 5.88 Å². The molecule has 3 heterocycles. The van der Waals surface area contributed by atoms with E-state index >= 15 is 0 Å². The number of morpholine rings is 1. The van der Waals surface area contributed by atoms with E-state index in [0.29, 0.717) is 30.6 Å². The number of nitrogens with zero attached hydrogens (tertiary/aromatic N) is 2. The fourth-order valence-electron chi connectivity index (χ4n) is 3.70. The molecule has 0 N–H and O–H groups in total. The quantitative estimate of drug-likeness (QED) is 0.849. The molecule has 0 radical (unpaired) electrons. The van der Waals surface area contributed by atoms with Crippen molar-refractivity contribution in [1.29, 1.82) is 0 Å². The molecule has 23 heavy (non-hydrogen) atoms. The van der Waals surface area contributed by atoms with Crippen LogP contribution >= 0.6 is 0 Å². The monoisotopic (exact) mass is 314 g/mol. The lowest BCUT2D eigenvalue weighted by atomic mass is 10.1. The Morgan fingerprint density at radius 1 is 1.22 bits per heavy atom. The van der Waals surface area contributed by atoms with Crippen molar-refractivity contribution < 1.29 is 13.9 Å². The molecule has 0 amide bonds. The fraction of sp³-hybridized carbons (Fsp3) is 0.500. The highest BCUT2D eigenvalue weighted by atomic mass is 16.5. The van der Waals surface area contributed by atoms with E-state index in [-0.39, 0.29) is 0 Å². The number of fused-ring (bicyclic) bond motifs is 1. The van der Waals surface area contributed by atoms with Gasteiger partial charge in [-0.1, -0.05) is 6.07 Å². The Hall–Kier alpha value is -1.85. The summed E-state index contributed by atoms with van der Waals surface area (Å²) in [5.74, 6) is 2.25. The van der Waals surface area contributed by atoms with Gasteiger partial charge in [0, 0.05) is 24.8 Å². The highest BCUT2D eigenvalue weighted by Gasteiger charge is 2.41. The second kappa shape index (κ2) is 6.72. The standard InChI is InChI=1S/C18H22N2O3/c1-2-6-19-18(5-1)23-13-14-10-16-17(11-14)22-9-7-20(16)12-15-4-3-8-21-15/h1-6,8,14,16-17H,7,9-13H2/t14-,16+,17-/m0/s1. The Kier molecular flexibility index (Phi) is 4.30. The van der Waals surface area contributed by atoms with E-state index in [1.807, 2.05) is 30.3 Å². The van der Waals surface area contributed by atoms with Gasteiger partial charge in [-0.2, -0.15) is 0 Å². The average molecular weight is 314 g/mol. The molecule has 2 fully saturated rings.